The van der Waals surface area contributed by atoms with Gasteiger partial charge in [-0.1, -0.05) is 6.07 Å². The van der Waals surface area contributed by atoms with E-state index in [-0.39, 0.29) is 12.5 Å². The van der Waals surface area contributed by atoms with Crippen LogP contribution in [-0.2, 0) is 6.42 Å². The molecule has 1 atom stereocenters. The Morgan fingerprint density at radius 2 is 2.13 bits per heavy atom. The summed E-state index contributed by atoms with van der Waals surface area (Å²) in [6.45, 7) is 0.515. The van der Waals surface area contributed by atoms with Crippen LogP contribution in [0.4, 0.5) is 0 Å². The second-order valence-electron chi connectivity index (χ2n) is 5.65. The lowest BCUT2D eigenvalue weighted by molar-refractivity contribution is 0.229. The van der Waals surface area contributed by atoms with Crippen LogP contribution in [0.5, 0.6) is 5.75 Å². The van der Waals surface area contributed by atoms with Gasteiger partial charge >= 0.3 is 0 Å². The highest BCUT2D eigenvalue weighted by molar-refractivity contribution is 5.81. The largest absolute Gasteiger partial charge is 0.496 e. The van der Waals surface area contributed by atoms with Crippen LogP contribution in [0.2, 0.25) is 0 Å². The van der Waals surface area contributed by atoms with Gasteiger partial charge in [-0.05, 0) is 54.3 Å². The summed E-state index contributed by atoms with van der Waals surface area (Å²) in [7, 11) is 1.66. The Kier molecular flexibility index (Phi) is 4.60. The molecule has 0 bridgehead atoms. The molecule has 1 aromatic carbocycles. The van der Waals surface area contributed by atoms with Gasteiger partial charge in [-0.2, -0.15) is 0 Å². The highest BCUT2D eigenvalue weighted by Gasteiger charge is 2.12. The van der Waals surface area contributed by atoms with E-state index in [2.05, 4.69) is 22.1 Å². The molecule has 0 fully saturated rings. The van der Waals surface area contributed by atoms with Crippen LogP contribution in [0.1, 0.15) is 5.56 Å². The van der Waals surface area contributed by atoms with Crippen LogP contribution in [-0.4, -0.2) is 35.3 Å². The Balaban J connectivity index is 1.98. The summed E-state index contributed by atoms with van der Waals surface area (Å²) >= 11 is 0. The monoisotopic (exact) mass is 311 g/mol. The van der Waals surface area contributed by atoms with Crippen molar-refractivity contribution in [2.24, 2.45) is 11.7 Å². The number of ether oxygens (including phenoxy) is 1. The van der Waals surface area contributed by atoms with Gasteiger partial charge in [0.1, 0.15) is 11.4 Å². The molecule has 2 aromatic heterocycles. The molecule has 0 aliphatic carbocycles. The van der Waals surface area contributed by atoms with Gasteiger partial charge in [0.25, 0.3) is 0 Å². The molecule has 4 N–H and O–H groups in total. The number of fused-ring (bicyclic) bond motifs is 1. The Hall–Kier alpha value is -2.37. The molecule has 0 saturated carbocycles. The van der Waals surface area contributed by atoms with Crippen LogP contribution < -0.4 is 10.5 Å². The molecular formula is C18H21N3O2. The first-order valence-corrected chi connectivity index (χ1v) is 7.66. The topological polar surface area (TPSA) is 84.2 Å². The van der Waals surface area contributed by atoms with Crippen molar-refractivity contribution in [1.82, 2.24) is 9.97 Å². The van der Waals surface area contributed by atoms with Crippen molar-refractivity contribution in [3.05, 3.63) is 48.3 Å². The fraction of sp³-hybridized carbons (Fsp3) is 0.278. The lowest BCUT2D eigenvalue weighted by Crippen LogP contribution is -2.20. The van der Waals surface area contributed by atoms with Gasteiger partial charge in [0.15, 0.2) is 0 Å². The summed E-state index contributed by atoms with van der Waals surface area (Å²) in [4.78, 5) is 7.53. The van der Waals surface area contributed by atoms with Crippen molar-refractivity contribution in [1.29, 1.82) is 0 Å². The number of aromatic nitrogens is 2. The highest BCUT2D eigenvalue weighted by Crippen LogP contribution is 2.29. The number of hydrogen-bond acceptors (Lipinski definition) is 4. The smallest absolute Gasteiger partial charge is 0.137 e. The molecule has 5 heteroatoms. The zero-order valence-corrected chi connectivity index (χ0v) is 13.1. The average Bonchev–Trinajstić information content (AvgIpc) is 3.07. The van der Waals surface area contributed by atoms with Gasteiger partial charge in [0, 0.05) is 30.0 Å². The maximum atomic E-state index is 9.40. The van der Waals surface area contributed by atoms with E-state index in [9.17, 15) is 5.11 Å². The summed E-state index contributed by atoms with van der Waals surface area (Å²) in [5.41, 5.74) is 9.76. The number of pyridine rings is 1. The van der Waals surface area contributed by atoms with E-state index < -0.39 is 0 Å². The Morgan fingerprint density at radius 3 is 2.87 bits per heavy atom. The van der Waals surface area contributed by atoms with E-state index >= 15 is 0 Å². The normalized spacial score (nSPS) is 12.5. The Bertz CT molecular complexity index is 794. The maximum Gasteiger partial charge on any atom is 0.137 e. The molecule has 3 aromatic rings. The summed E-state index contributed by atoms with van der Waals surface area (Å²) in [6, 6.07) is 10.2. The predicted octanol–water partition coefficient (Wildman–Crippen LogP) is 2.35. The number of hydrogen-bond donors (Lipinski definition) is 3. The molecule has 0 amide bonds. The summed E-state index contributed by atoms with van der Waals surface area (Å²) in [5, 5.41) is 10.5. The van der Waals surface area contributed by atoms with E-state index in [4.69, 9.17) is 10.5 Å². The van der Waals surface area contributed by atoms with Crippen LogP contribution in [0.3, 0.4) is 0 Å². The standard InChI is InChI=1S/C18H21N3O2/c1-23-17-3-2-13(7-15(17)6-12(9-19)11-22)16-8-14-4-5-20-18(14)21-10-16/h2-5,7-8,10,12,22H,6,9,11,19H2,1H3,(H,20,21)/t12-/m0/s1. The minimum Gasteiger partial charge on any atom is -0.496 e. The molecule has 0 aliphatic heterocycles. The third-order valence-electron chi connectivity index (χ3n) is 4.11. The van der Waals surface area contributed by atoms with Crippen LogP contribution >= 0.6 is 0 Å². The molecule has 0 aliphatic rings. The molecule has 0 radical (unpaired) electrons. The Morgan fingerprint density at radius 1 is 1.26 bits per heavy atom. The van der Waals surface area contributed by atoms with Gasteiger partial charge in [-0.25, -0.2) is 4.98 Å². The van der Waals surface area contributed by atoms with Gasteiger partial charge in [-0.15, -0.1) is 0 Å². The van der Waals surface area contributed by atoms with Crippen molar-refractivity contribution in [3.8, 4) is 16.9 Å². The van der Waals surface area contributed by atoms with E-state index in [1.165, 1.54) is 0 Å². The molecular weight excluding hydrogens is 290 g/mol. The second kappa shape index (κ2) is 6.81. The average molecular weight is 311 g/mol. The van der Waals surface area contributed by atoms with Gasteiger partial charge in [-0.3, -0.25) is 0 Å². The second-order valence-corrected chi connectivity index (χ2v) is 5.65. The number of nitrogens with zero attached hydrogens (tertiary/aromatic N) is 1. The molecule has 0 saturated heterocycles. The van der Waals surface area contributed by atoms with Crippen LogP contribution in [0, 0.1) is 5.92 Å². The SMILES string of the molecule is COc1ccc(-c2cnc3[nH]ccc3c2)cc1C[C@@H](CN)CO. The summed E-state index contributed by atoms with van der Waals surface area (Å²) in [5.74, 6) is 0.848. The van der Waals surface area contributed by atoms with Crippen LogP contribution in [0.25, 0.3) is 22.2 Å². The zero-order valence-electron chi connectivity index (χ0n) is 13.1. The van der Waals surface area contributed by atoms with Crippen molar-refractivity contribution in [3.63, 3.8) is 0 Å². The first-order valence-electron chi connectivity index (χ1n) is 7.66. The highest BCUT2D eigenvalue weighted by atomic mass is 16.5. The number of aromatic amines is 1. The first kappa shape index (κ1) is 15.5. The molecule has 0 unspecified atom stereocenters. The van der Waals surface area contributed by atoms with E-state index in [0.717, 1.165) is 33.5 Å². The Labute approximate surface area is 135 Å². The molecule has 2 heterocycles. The van der Waals surface area contributed by atoms with E-state index in [1.54, 1.807) is 7.11 Å². The molecule has 120 valence electrons. The number of H-pyrrole nitrogens is 1. The lowest BCUT2D eigenvalue weighted by atomic mass is 9.96. The number of aliphatic hydroxyl groups excluding tert-OH is 1. The van der Waals surface area contributed by atoms with Crippen LogP contribution in [0.15, 0.2) is 42.7 Å². The summed E-state index contributed by atoms with van der Waals surface area (Å²) < 4.78 is 5.44. The minimum atomic E-state index is 0.0319. The predicted molar refractivity (Wildman–Crippen MR) is 91.4 cm³/mol. The minimum absolute atomic E-state index is 0.0319. The van der Waals surface area contributed by atoms with Crippen molar-refractivity contribution in [2.45, 2.75) is 6.42 Å². The third kappa shape index (κ3) is 3.21. The first-order chi connectivity index (χ1) is 11.2. The number of nitrogens with two attached hydrogens (primary N) is 1. The van der Waals surface area contributed by atoms with E-state index in [1.807, 2.05) is 30.6 Å². The molecule has 0 spiro atoms. The third-order valence-corrected chi connectivity index (χ3v) is 4.11. The van der Waals surface area contributed by atoms with Crippen molar-refractivity contribution < 1.29 is 9.84 Å². The van der Waals surface area contributed by atoms with Gasteiger partial charge in [0.2, 0.25) is 0 Å². The quantitative estimate of drug-likeness (QED) is 0.652. The number of benzene rings is 1. The van der Waals surface area contributed by atoms with Crippen molar-refractivity contribution in [2.75, 3.05) is 20.3 Å². The van der Waals surface area contributed by atoms with E-state index in [0.29, 0.717) is 13.0 Å². The summed E-state index contributed by atoms with van der Waals surface area (Å²) in [6.07, 6.45) is 4.43. The fourth-order valence-corrected chi connectivity index (χ4v) is 2.75. The van der Waals surface area contributed by atoms with Gasteiger partial charge < -0.3 is 20.6 Å². The fourth-order valence-electron chi connectivity index (χ4n) is 2.75. The molecule has 5 nitrogen and oxygen atoms in total. The number of rotatable bonds is 6. The zero-order chi connectivity index (χ0) is 16.2. The lowest BCUT2D eigenvalue weighted by Gasteiger charge is -2.15. The van der Waals surface area contributed by atoms with Gasteiger partial charge in [0.05, 0.1) is 7.11 Å². The maximum absolute atomic E-state index is 9.40. The van der Waals surface area contributed by atoms with Crippen molar-refractivity contribution >= 4 is 11.0 Å². The number of aliphatic hydroxyl groups is 1. The number of methoxy groups -OCH3 is 1. The number of nitrogens with one attached hydrogen (secondary N) is 1. The molecule has 23 heavy (non-hydrogen) atoms. The molecule has 3 rings (SSSR count).